The molecule has 0 aliphatic carbocycles. The zero-order valence-electron chi connectivity index (χ0n) is 17.2. The fraction of sp³-hybridized carbons (Fsp3) is 0.304. The van der Waals surface area contributed by atoms with E-state index in [1.165, 1.54) is 0 Å². The number of carbonyl (C=O) groups is 1. The summed E-state index contributed by atoms with van der Waals surface area (Å²) in [4.78, 5) is 11.9. The molecule has 1 atom stereocenters. The standard InChI is InChI=1S/C23H26N2O4/c1-15(26)11-19(20-13-24-25-16(20)2)17-9-10-22(23(12-17)28-4)29-14-18-7-5-6-8-21(18)27-3/h5-10,12-13,19H,11,14H2,1-4H3,(H,24,25). The number of methoxy groups -OCH3 is 2. The number of para-hydroxylation sites is 1. The second kappa shape index (κ2) is 9.28. The Hall–Kier alpha value is -3.28. The van der Waals surface area contributed by atoms with E-state index in [1.54, 1.807) is 27.3 Å². The van der Waals surface area contributed by atoms with E-state index in [9.17, 15) is 4.79 Å². The van der Waals surface area contributed by atoms with Crippen LogP contribution >= 0.6 is 0 Å². The first kappa shape index (κ1) is 20.5. The van der Waals surface area contributed by atoms with Gasteiger partial charge in [-0.1, -0.05) is 24.3 Å². The quantitative estimate of drug-likeness (QED) is 0.581. The van der Waals surface area contributed by atoms with E-state index in [1.807, 2.05) is 49.4 Å². The maximum Gasteiger partial charge on any atom is 0.161 e. The maximum atomic E-state index is 11.9. The highest BCUT2D eigenvalue weighted by Gasteiger charge is 2.21. The molecule has 0 bridgehead atoms. The lowest BCUT2D eigenvalue weighted by Gasteiger charge is -2.19. The summed E-state index contributed by atoms with van der Waals surface area (Å²) in [5.74, 6) is 2.05. The third kappa shape index (κ3) is 4.77. The van der Waals surface area contributed by atoms with Gasteiger partial charge in [0.1, 0.15) is 18.1 Å². The molecule has 0 radical (unpaired) electrons. The number of benzene rings is 2. The van der Waals surface area contributed by atoms with Crippen molar-refractivity contribution in [1.82, 2.24) is 10.2 Å². The van der Waals surface area contributed by atoms with Crippen LogP contribution in [-0.2, 0) is 11.4 Å². The highest BCUT2D eigenvalue weighted by molar-refractivity contribution is 5.77. The van der Waals surface area contributed by atoms with Crippen LogP contribution in [-0.4, -0.2) is 30.2 Å². The maximum absolute atomic E-state index is 11.9. The average molecular weight is 394 g/mol. The van der Waals surface area contributed by atoms with Gasteiger partial charge in [-0.15, -0.1) is 0 Å². The van der Waals surface area contributed by atoms with Gasteiger partial charge >= 0.3 is 0 Å². The summed E-state index contributed by atoms with van der Waals surface area (Å²) in [5.41, 5.74) is 3.88. The first-order valence-electron chi connectivity index (χ1n) is 9.45. The predicted octanol–water partition coefficient (Wildman–Crippen LogP) is 4.43. The van der Waals surface area contributed by atoms with Gasteiger partial charge < -0.3 is 14.2 Å². The minimum atomic E-state index is -0.0941. The lowest BCUT2D eigenvalue weighted by molar-refractivity contribution is -0.117. The lowest BCUT2D eigenvalue weighted by Crippen LogP contribution is -2.08. The molecule has 152 valence electrons. The molecule has 0 spiro atoms. The molecular weight excluding hydrogens is 368 g/mol. The molecule has 1 aromatic heterocycles. The van der Waals surface area contributed by atoms with Gasteiger partial charge in [-0.25, -0.2) is 0 Å². The molecule has 2 aromatic carbocycles. The summed E-state index contributed by atoms with van der Waals surface area (Å²) in [6.07, 6.45) is 2.17. The van der Waals surface area contributed by atoms with E-state index >= 15 is 0 Å². The van der Waals surface area contributed by atoms with E-state index < -0.39 is 0 Å². The van der Waals surface area contributed by atoms with Crippen LogP contribution < -0.4 is 14.2 Å². The summed E-state index contributed by atoms with van der Waals surface area (Å²) < 4.78 is 16.9. The number of H-pyrrole nitrogens is 1. The van der Waals surface area contributed by atoms with Gasteiger partial charge in [0.2, 0.25) is 0 Å². The number of rotatable bonds is 9. The lowest BCUT2D eigenvalue weighted by atomic mass is 9.87. The van der Waals surface area contributed by atoms with Crippen molar-refractivity contribution in [3.8, 4) is 17.2 Å². The number of Topliss-reactive ketones (excluding diaryl/α,β-unsaturated/α-hetero) is 1. The fourth-order valence-electron chi connectivity index (χ4n) is 3.40. The third-order valence-corrected chi connectivity index (χ3v) is 4.90. The van der Waals surface area contributed by atoms with E-state index in [2.05, 4.69) is 10.2 Å². The van der Waals surface area contributed by atoms with Crippen molar-refractivity contribution >= 4 is 5.78 Å². The van der Waals surface area contributed by atoms with Gasteiger partial charge in [-0.2, -0.15) is 5.10 Å². The van der Waals surface area contributed by atoms with Crippen molar-refractivity contribution in [2.24, 2.45) is 0 Å². The number of hydrogen-bond acceptors (Lipinski definition) is 5. The Kier molecular flexibility index (Phi) is 6.54. The van der Waals surface area contributed by atoms with E-state index in [0.29, 0.717) is 24.5 Å². The summed E-state index contributed by atoms with van der Waals surface area (Å²) in [7, 11) is 3.25. The molecule has 1 N–H and O–H groups in total. The van der Waals surface area contributed by atoms with Crippen LogP contribution in [0.15, 0.2) is 48.7 Å². The zero-order valence-corrected chi connectivity index (χ0v) is 17.2. The number of carbonyl (C=O) groups excluding carboxylic acids is 1. The largest absolute Gasteiger partial charge is 0.496 e. The Morgan fingerprint density at radius 2 is 1.83 bits per heavy atom. The molecule has 0 saturated heterocycles. The fourth-order valence-corrected chi connectivity index (χ4v) is 3.40. The van der Waals surface area contributed by atoms with Crippen LogP contribution in [0.25, 0.3) is 0 Å². The number of ketones is 1. The SMILES string of the molecule is COc1ccccc1COc1ccc(C(CC(C)=O)c2cn[nH]c2C)cc1OC. The van der Waals surface area contributed by atoms with Crippen molar-refractivity contribution in [3.63, 3.8) is 0 Å². The molecule has 3 rings (SSSR count). The number of hydrogen-bond donors (Lipinski definition) is 1. The van der Waals surface area contributed by atoms with E-state index in [-0.39, 0.29) is 11.7 Å². The minimum Gasteiger partial charge on any atom is -0.496 e. The second-order valence-electron chi connectivity index (χ2n) is 6.92. The van der Waals surface area contributed by atoms with Crippen molar-refractivity contribution in [3.05, 3.63) is 71.0 Å². The highest BCUT2D eigenvalue weighted by Crippen LogP contribution is 2.36. The Bertz CT molecular complexity index is 981. The molecule has 0 fully saturated rings. The number of aromatic amines is 1. The molecule has 1 unspecified atom stereocenters. The van der Waals surface area contributed by atoms with Crippen molar-refractivity contribution in [2.45, 2.75) is 32.8 Å². The first-order valence-corrected chi connectivity index (χ1v) is 9.45. The zero-order chi connectivity index (χ0) is 20.8. The number of aromatic nitrogens is 2. The van der Waals surface area contributed by atoms with Gasteiger partial charge in [0, 0.05) is 29.2 Å². The molecule has 3 aromatic rings. The van der Waals surface area contributed by atoms with E-state index in [0.717, 1.165) is 28.1 Å². The van der Waals surface area contributed by atoms with Crippen molar-refractivity contribution in [2.75, 3.05) is 14.2 Å². The Balaban J connectivity index is 1.87. The molecule has 0 aliphatic heterocycles. The summed E-state index contributed by atoms with van der Waals surface area (Å²) in [5, 5.41) is 7.06. The van der Waals surface area contributed by atoms with Crippen LogP contribution in [0.2, 0.25) is 0 Å². The smallest absolute Gasteiger partial charge is 0.161 e. The Morgan fingerprint density at radius 3 is 2.48 bits per heavy atom. The molecule has 6 heteroatoms. The molecule has 1 heterocycles. The third-order valence-electron chi connectivity index (χ3n) is 4.90. The molecule has 6 nitrogen and oxygen atoms in total. The number of nitrogens with zero attached hydrogens (tertiary/aromatic N) is 1. The number of nitrogens with one attached hydrogen (secondary N) is 1. The van der Waals surface area contributed by atoms with Gasteiger partial charge in [0.15, 0.2) is 11.5 Å². The van der Waals surface area contributed by atoms with Gasteiger partial charge in [-0.05, 0) is 37.6 Å². The Morgan fingerprint density at radius 1 is 1.07 bits per heavy atom. The predicted molar refractivity (Wildman–Crippen MR) is 111 cm³/mol. The highest BCUT2D eigenvalue weighted by atomic mass is 16.5. The minimum absolute atomic E-state index is 0.0941. The van der Waals surface area contributed by atoms with Crippen molar-refractivity contribution < 1.29 is 19.0 Å². The summed E-state index contributed by atoms with van der Waals surface area (Å²) >= 11 is 0. The first-order chi connectivity index (χ1) is 14.0. The number of ether oxygens (including phenoxy) is 3. The average Bonchev–Trinajstić information content (AvgIpc) is 3.16. The van der Waals surface area contributed by atoms with E-state index in [4.69, 9.17) is 14.2 Å². The summed E-state index contributed by atoms with van der Waals surface area (Å²) in [6.45, 7) is 3.92. The monoisotopic (exact) mass is 394 g/mol. The Labute approximate surface area is 170 Å². The van der Waals surface area contributed by atoms with Crippen LogP contribution in [0.3, 0.4) is 0 Å². The normalized spacial score (nSPS) is 11.7. The second-order valence-corrected chi connectivity index (χ2v) is 6.92. The van der Waals surface area contributed by atoms with Crippen LogP contribution in [0.4, 0.5) is 0 Å². The molecule has 29 heavy (non-hydrogen) atoms. The molecule has 0 amide bonds. The molecular formula is C23H26N2O4. The molecule has 0 aliphatic rings. The van der Waals surface area contributed by atoms with Crippen LogP contribution in [0.5, 0.6) is 17.2 Å². The topological polar surface area (TPSA) is 73.4 Å². The van der Waals surface area contributed by atoms with Gasteiger partial charge in [-0.3, -0.25) is 9.89 Å². The van der Waals surface area contributed by atoms with Crippen LogP contribution in [0.1, 0.15) is 41.6 Å². The number of aryl methyl sites for hydroxylation is 1. The van der Waals surface area contributed by atoms with Crippen LogP contribution in [0, 0.1) is 6.92 Å². The van der Waals surface area contributed by atoms with Gasteiger partial charge in [0.05, 0.1) is 20.4 Å². The van der Waals surface area contributed by atoms with Gasteiger partial charge in [0.25, 0.3) is 0 Å². The summed E-state index contributed by atoms with van der Waals surface area (Å²) in [6, 6.07) is 13.5. The molecule has 0 saturated carbocycles. The van der Waals surface area contributed by atoms with Crippen molar-refractivity contribution in [1.29, 1.82) is 0 Å².